The second-order valence-electron chi connectivity index (χ2n) is 9.44. The highest BCUT2D eigenvalue weighted by Crippen LogP contribution is 2.23. The second kappa shape index (κ2) is 11.3. The summed E-state index contributed by atoms with van der Waals surface area (Å²) in [4.78, 5) is 54.4. The van der Waals surface area contributed by atoms with Crippen LogP contribution in [0.3, 0.4) is 0 Å². The average molecular weight is 476 g/mol. The Bertz CT molecular complexity index is 1040. The molecule has 4 rings (SSSR count). The molecule has 1 saturated carbocycles. The highest BCUT2D eigenvalue weighted by molar-refractivity contribution is 6.21. The summed E-state index contributed by atoms with van der Waals surface area (Å²) in [7, 11) is 0. The third-order valence-corrected chi connectivity index (χ3v) is 6.97. The molecule has 2 aliphatic rings. The first-order chi connectivity index (χ1) is 17.0. The van der Waals surface area contributed by atoms with E-state index in [0.29, 0.717) is 24.1 Å². The normalized spacial score (nSPS) is 16.7. The predicted molar refractivity (Wildman–Crippen MR) is 133 cm³/mol. The third-order valence-electron chi connectivity index (χ3n) is 6.97. The molecule has 0 radical (unpaired) electrons. The minimum Gasteiger partial charge on any atom is -0.352 e. The van der Waals surface area contributed by atoms with E-state index in [1.807, 2.05) is 30.3 Å². The van der Waals surface area contributed by atoms with Gasteiger partial charge < -0.3 is 10.2 Å². The highest BCUT2D eigenvalue weighted by Gasteiger charge is 2.35. The molecule has 0 saturated heterocycles. The van der Waals surface area contributed by atoms with E-state index in [9.17, 15) is 19.2 Å². The molecular formula is C28H33N3O4. The molecule has 35 heavy (non-hydrogen) atoms. The Morgan fingerprint density at radius 3 is 2.17 bits per heavy atom. The molecule has 0 spiro atoms. The van der Waals surface area contributed by atoms with Crippen LogP contribution in [0, 0.1) is 0 Å². The maximum atomic E-state index is 13.3. The lowest BCUT2D eigenvalue weighted by Crippen LogP contribution is -2.50. The zero-order chi connectivity index (χ0) is 24.8. The summed E-state index contributed by atoms with van der Waals surface area (Å²) in [6.45, 7) is 2.26. The van der Waals surface area contributed by atoms with Crippen LogP contribution in [0.25, 0.3) is 0 Å². The fourth-order valence-electron chi connectivity index (χ4n) is 4.91. The summed E-state index contributed by atoms with van der Waals surface area (Å²) in [5.41, 5.74) is 1.75. The van der Waals surface area contributed by atoms with Crippen molar-refractivity contribution in [2.45, 2.75) is 70.5 Å². The van der Waals surface area contributed by atoms with Crippen molar-refractivity contribution in [3.05, 3.63) is 71.3 Å². The van der Waals surface area contributed by atoms with Crippen molar-refractivity contribution < 1.29 is 19.2 Å². The topological polar surface area (TPSA) is 86.8 Å². The minimum atomic E-state index is -0.621. The van der Waals surface area contributed by atoms with E-state index in [1.54, 1.807) is 36.1 Å². The van der Waals surface area contributed by atoms with Crippen molar-refractivity contribution in [3.63, 3.8) is 0 Å². The molecule has 4 amide bonds. The summed E-state index contributed by atoms with van der Waals surface area (Å²) in [5.74, 6) is -0.947. The molecule has 1 fully saturated rings. The molecule has 1 atom stereocenters. The second-order valence-corrected chi connectivity index (χ2v) is 9.44. The Morgan fingerprint density at radius 2 is 1.54 bits per heavy atom. The standard InChI is InChI=1S/C28H33N3O4/c1-20(26(33)29-22-13-6-3-7-14-22)31(19-21-11-4-2-5-12-21)25(32)17-10-18-30-27(34)23-15-8-9-16-24(23)28(30)35/h2,4-5,8-9,11-12,15-16,20,22H,3,6-7,10,13-14,17-19H2,1H3,(H,29,33). The van der Waals surface area contributed by atoms with E-state index in [0.717, 1.165) is 31.2 Å². The molecular weight excluding hydrogens is 442 g/mol. The molecule has 2 aromatic carbocycles. The van der Waals surface area contributed by atoms with Crippen LogP contribution in [0.1, 0.15) is 78.1 Å². The largest absolute Gasteiger partial charge is 0.352 e. The van der Waals surface area contributed by atoms with Crippen LogP contribution in [0.2, 0.25) is 0 Å². The number of imide groups is 1. The maximum absolute atomic E-state index is 13.3. The molecule has 7 heteroatoms. The van der Waals surface area contributed by atoms with Gasteiger partial charge in [-0.05, 0) is 43.9 Å². The van der Waals surface area contributed by atoms with E-state index in [4.69, 9.17) is 0 Å². The monoisotopic (exact) mass is 475 g/mol. The number of carbonyl (C=O) groups excluding carboxylic acids is 4. The van der Waals surface area contributed by atoms with Crippen LogP contribution in [0.4, 0.5) is 0 Å². The van der Waals surface area contributed by atoms with Gasteiger partial charge in [-0.3, -0.25) is 24.1 Å². The van der Waals surface area contributed by atoms with Crippen LogP contribution in [0.5, 0.6) is 0 Å². The van der Waals surface area contributed by atoms with Crippen LogP contribution in [0.15, 0.2) is 54.6 Å². The molecule has 1 heterocycles. The summed E-state index contributed by atoms with van der Waals surface area (Å²) in [6.07, 6.45) is 5.87. The number of amides is 4. The fourth-order valence-corrected chi connectivity index (χ4v) is 4.91. The van der Waals surface area contributed by atoms with E-state index in [-0.39, 0.29) is 42.6 Å². The van der Waals surface area contributed by atoms with Gasteiger partial charge in [0.2, 0.25) is 11.8 Å². The molecule has 1 aliphatic carbocycles. The van der Waals surface area contributed by atoms with Crippen LogP contribution in [-0.4, -0.2) is 52.1 Å². The first-order valence-corrected chi connectivity index (χ1v) is 12.5. The molecule has 0 aromatic heterocycles. The van der Waals surface area contributed by atoms with Crippen molar-refractivity contribution in [3.8, 4) is 0 Å². The zero-order valence-corrected chi connectivity index (χ0v) is 20.2. The summed E-state index contributed by atoms with van der Waals surface area (Å²) in [5, 5.41) is 3.13. The Balaban J connectivity index is 1.39. The van der Waals surface area contributed by atoms with Crippen molar-refractivity contribution >= 4 is 23.6 Å². The van der Waals surface area contributed by atoms with Crippen LogP contribution >= 0.6 is 0 Å². The quantitative estimate of drug-likeness (QED) is 0.557. The number of hydrogen-bond acceptors (Lipinski definition) is 4. The number of nitrogens with one attached hydrogen (secondary N) is 1. The maximum Gasteiger partial charge on any atom is 0.261 e. The van der Waals surface area contributed by atoms with Crippen molar-refractivity contribution in [2.24, 2.45) is 0 Å². The number of rotatable bonds is 9. The lowest BCUT2D eigenvalue weighted by molar-refractivity contribution is -0.141. The van der Waals surface area contributed by atoms with Gasteiger partial charge in [0.25, 0.3) is 11.8 Å². The van der Waals surface area contributed by atoms with Crippen molar-refractivity contribution in [1.29, 1.82) is 0 Å². The van der Waals surface area contributed by atoms with Gasteiger partial charge in [-0.1, -0.05) is 61.7 Å². The fraction of sp³-hybridized carbons (Fsp3) is 0.429. The van der Waals surface area contributed by atoms with E-state index in [2.05, 4.69) is 5.32 Å². The van der Waals surface area contributed by atoms with Gasteiger partial charge in [0.05, 0.1) is 11.1 Å². The lowest BCUT2D eigenvalue weighted by atomic mass is 9.95. The van der Waals surface area contributed by atoms with E-state index >= 15 is 0 Å². The average Bonchev–Trinajstić information content (AvgIpc) is 3.13. The summed E-state index contributed by atoms with van der Waals surface area (Å²) >= 11 is 0. The van der Waals surface area contributed by atoms with Gasteiger partial charge >= 0.3 is 0 Å². The number of hydrogen-bond donors (Lipinski definition) is 1. The van der Waals surface area contributed by atoms with Gasteiger partial charge in [-0.25, -0.2) is 0 Å². The molecule has 1 N–H and O–H groups in total. The van der Waals surface area contributed by atoms with Gasteiger partial charge in [-0.2, -0.15) is 0 Å². The Hall–Kier alpha value is -3.48. The Labute approximate surface area is 206 Å². The molecule has 1 unspecified atom stereocenters. The molecule has 0 bridgehead atoms. The lowest BCUT2D eigenvalue weighted by Gasteiger charge is -2.31. The molecule has 184 valence electrons. The summed E-state index contributed by atoms with van der Waals surface area (Å²) < 4.78 is 0. The van der Waals surface area contributed by atoms with Crippen molar-refractivity contribution in [2.75, 3.05) is 6.54 Å². The van der Waals surface area contributed by atoms with Gasteiger partial charge in [0.1, 0.15) is 6.04 Å². The Morgan fingerprint density at radius 1 is 0.943 bits per heavy atom. The first-order valence-electron chi connectivity index (χ1n) is 12.5. The predicted octanol–water partition coefficient (Wildman–Crippen LogP) is 3.93. The SMILES string of the molecule is CC(C(=O)NC1CCCCC1)N(Cc1ccccc1)C(=O)CCCN1C(=O)c2ccccc2C1=O. The molecule has 2 aromatic rings. The summed E-state index contributed by atoms with van der Waals surface area (Å²) in [6, 6.07) is 15.9. The first kappa shape index (κ1) is 24.6. The molecule has 1 aliphatic heterocycles. The number of benzene rings is 2. The van der Waals surface area contributed by atoms with Gasteiger partial charge in [0.15, 0.2) is 0 Å². The Kier molecular flexibility index (Phi) is 7.95. The number of fused-ring (bicyclic) bond motifs is 1. The number of carbonyl (C=O) groups is 4. The van der Waals surface area contributed by atoms with Crippen LogP contribution in [-0.2, 0) is 16.1 Å². The zero-order valence-electron chi connectivity index (χ0n) is 20.2. The van der Waals surface area contributed by atoms with E-state index in [1.165, 1.54) is 11.3 Å². The van der Waals surface area contributed by atoms with Gasteiger partial charge in [0, 0.05) is 25.6 Å². The highest BCUT2D eigenvalue weighted by atomic mass is 16.2. The minimum absolute atomic E-state index is 0.137. The van der Waals surface area contributed by atoms with E-state index < -0.39 is 6.04 Å². The number of nitrogens with zero attached hydrogens (tertiary/aromatic N) is 2. The smallest absolute Gasteiger partial charge is 0.261 e. The van der Waals surface area contributed by atoms with Crippen molar-refractivity contribution in [1.82, 2.24) is 15.1 Å². The van der Waals surface area contributed by atoms with Gasteiger partial charge in [-0.15, -0.1) is 0 Å². The third kappa shape index (κ3) is 5.78. The van der Waals surface area contributed by atoms with Crippen LogP contribution < -0.4 is 5.32 Å². The molecule has 7 nitrogen and oxygen atoms in total.